The third kappa shape index (κ3) is 5.88. The van der Waals surface area contributed by atoms with Gasteiger partial charge in [-0.2, -0.15) is 0 Å². The lowest BCUT2D eigenvalue weighted by molar-refractivity contribution is -0.142. The number of aromatic nitrogens is 1. The molecule has 1 heterocycles. The first-order valence-electron chi connectivity index (χ1n) is 10.2. The molecule has 7 nitrogen and oxygen atoms in total. The number of hydrogen-bond donors (Lipinski definition) is 2. The van der Waals surface area contributed by atoms with E-state index in [1.165, 1.54) is 23.8 Å². The van der Waals surface area contributed by atoms with Crippen LogP contribution in [-0.2, 0) is 11.4 Å². The van der Waals surface area contributed by atoms with E-state index in [2.05, 4.69) is 10.3 Å². The standard InChI is InChI=1S/C24H24F2N2O5S/c1-24(2,3)21(23(30)31)28-22(29)18-12-34-20(27-18)11-33-14-7-5-13(6-8-14)15-9-16(25)17(26)10-19(15)32-4/h5-10,12,21H,11H2,1-4H3,(H,28,29)(H,30,31). The van der Waals surface area contributed by atoms with Gasteiger partial charge in [0.15, 0.2) is 11.6 Å². The maximum Gasteiger partial charge on any atom is 0.326 e. The maximum atomic E-state index is 13.7. The van der Waals surface area contributed by atoms with Gasteiger partial charge >= 0.3 is 5.97 Å². The van der Waals surface area contributed by atoms with Crippen LogP contribution in [-0.4, -0.2) is 35.1 Å². The van der Waals surface area contributed by atoms with Crippen LogP contribution in [0.15, 0.2) is 41.8 Å². The fraction of sp³-hybridized carbons (Fsp3) is 0.292. The number of carbonyl (C=O) groups is 2. The number of amides is 1. The summed E-state index contributed by atoms with van der Waals surface area (Å²) in [6.45, 7) is 5.26. The number of methoxy groups -OCH3 is 1. The Labute approximate surface area is 199 Å². The summed E-state index contributed by atoms with van der Waals surface area (Å²) in [6, 6.07) is 7.70. The molecule has 3 aromatic rings. The van der Waals surface area contributed by atoms with Gasteiger partial charge in [-0.1, -0.05) is 32.9 Å². The van der Waals surface area contributed by atoms with Crippen LogP contribution in [0.1, 0.15) is 36.3 Å². The molecule has 0 aliphatic rings. The van der Waals surface area contributed by atoms with Crippen molar-refractivity contribution in [2.24, 2.45) is 5.41 Å². The van der Waals surface area contributed by atoms with Gasteiger partial charge in [-0.15, -0.1) is 11.3 Å². The highest BCUT2D eigenvalue weighted by molar-refractivity contribution is 7.09. The van der Waals surface area contributed by atoms with Crippen molar-refractivity contribution in [2.75, 3.05) is 7.11 Å². The number of hydrogen-bond acceptors (Lipinski definition) is 6. The van der Waals surface area contributed by atoms with Crippen molar-refractivity contribution in [2.45, 2.75) is 33.4 Å². The topological polar surface area (TPSA) is 97.8 Å². The Morgan fingerprint density at radius 1 is 1.15 bits per heavy atom. The SMILES string of the molecule is COc1cc(F)c(F)cc1-c1ccc(OCc2nc(C(=O)NC(C(=O)O)C(C)(C)C)cs2)cc1. The van der Waals surface area contributed by atoms with E-state index in [9.17, 15) is 23.5 Å². The molecule has 1 amide bonds. The smallest absolute Gasteiger partial charge is 0.326 e. The van der Waals surface area contributed by atoms with Crippen LogP contribution in [0.5, 0.6) is 11.5 Å². The number of benzene rings is 2. The molecule has 0 aliphatic heterocycles. The minimum Gasteiger partial charge on any atom is -0.496 e. The Morgan fingerprint density at radius 3 is 2.38 bits per heavy atom. The molecular weight excluding hydrogens is 466 g/mol. The Morgan fingerprint density at radius 2 is 1.79 bits per heavy atom. The van der Waals surface area contributed by atoms with Crippen LogP contribution in [0, 0.1) is 17.0 Å². The van der Waals surface area contributed by atoms with Crippen molar-refractivity contribution in [1.29, 1.82) is 0 Å². The lowest BCUT2D eigenvalue weighted by atomic mass is 9.87. The second-order valence-electron chi connectivity index (χ2n) is 8.52. The molecule has 10 heteroatoms. The van der Waals surface area contributed by atoms with Gasteiger partial charge in [0.25, 0.3) is 5.91 Å². The van der Waals surface area contributed by atoms with Gasteiger partial charge < -0.3 is 19.9 Å². The van der Waals surface area contributed by atoms with Crippen LogP contribution in [0.3, 0.4) is 0 Å². The first kappa shape index (κ1) is 25.1. The van der Waals surface area contributed by atoms with Crippen LogP contribution < -0.4 is 14.8 Å². The molecule has 1 unspecified atom stereocenters. The molecule has 0 bridgehead atoms. The molecule has 0 saturated carbocycles. The number of halogens is 2. The number of carboxylic acids is 1. The van der Waals surface area contributed by atoms with Crippen LogP contribution in [0.25, 0.3) is 11.1 Å². The van der Waals surface area contributed by atoms with E-state index in [0.717, 1.165) is 12.1 Å². The van der Waals surface area contributed by atoms with Gasteiger partial charge in [0.1, 0.15) is 34.8 Å². The van der Waals surface area contributed by atoms with Crippen molar-refractivity contribution in [3.05, 3.63) is 64.1 Å². The van der Waals surface area contributed by atoms with E-state index < -0.39 is 35.0 Å². The van der Waals surface area contributed by atoms with Gasteiger partial charge in [-0.3, -0.25) is 4.79 Å². The largest absolute Gasteiger partial charge is 0.496 e. The highest BCUT2D eigenvalue weighted by atomic mass is 32.1. The predicted octanol–water partition coefficient (Wildman–Crippen LogP) is 4.91. The highest BCUT2D eigenvalue weighted by Gasteiger charge is 2.33. The van der Waals surface area contributed by atoms with E-state index in [1.54, 1.807) is 45.0 Å². The Bertz CT molecular complexity index is 1190. The molecule has 0 fully saturated rings. The Kier molecular flexibility index (Phi) is 7.51. The molecule has 180 valence electrons. The van der Waals surface area contributed by atoms with Crippen molar-refractivity contribution in [3.8, 4) is 22.6 Å². The lowest BCUT2D eigenvalue weighted by Crippen LogP contribution is -2.49. The molecule has 1 aromatic heterocycles. The predicted molar refractivity (Wildman–Crippen MR) is 123 cm³/mol. The van der Waals surface area contributed by atoms with E-state index in [-0.39, 0.29) is 18.1 Å². The van der Waals surface area contributed by atoms with Crippen molar-refractivity contribution >= 4 is 23.2 Å². The maximum absolute atomic E-state index is 13.7. The van der Waals surface area contributed by atoms with E-state index in [4.69, 9.17) is 9.47 Å². The van der Waals surface area contributed by atoms with Crippen LogP contribution in [0.4, 0.5) is 8.78 Å². The zero-order valence-electron chi connectivity index (χ0n) is 19.0. The van der Waals surface area contributed by atoms with Gasteiger partial charge in [-0.25, -0.2) is 18.6 Å². The first-order valence-corrected chi connectivity index (χ1v) is 11.1. The summed E-state index contributed by atoms with van der Waals surface area (Å²) in [5.74, 6) is -2.95. The monoisotopic (exact) mass is 490 g/mol. The van der Waals surface area contributed by atoms with Crippen molar-refractivity contribution < 1.29 is 33.0 Å². The molecule has 2 aromatic carbocycles. The zero-order chi connectivity index (χ0) is 25.0. The fourth-order valence-corrected chi connectivity index (χ4v) is 3.82. The molecule has 0 radical (unpaired) electrons. The summed E-state index contributed by atoms with van der Waals surface area (Å²) >= 11 is 1.21. The number of ether oxygens (including phenoxy) is 2. The third-order valence-corrected chi connectivity index (χ3v) is 5.77. The molecule has 2 N–H and O–H groups in total. The zero-order valence-corrected chi connectivity index (χ0v) is 19.8. The minimum atomic E-state index is -1.12. The molecule has 0 aliphatic carbocycles. The number of thiazole rings is 1. The second kappa shape index (κ2) is 10.2. The van der Waals surface area contributed by atoms with E-state index in [0.29, 0.717) is 21.9 Å². The number of nitrogens with one attached hydrogen (secondary N) is 1. The summed E-state index contributed by atoms with van der Waals surface area (Å²) in [6.07, 6.45) is 0. The summed E-state index contributed by atoms with van der Waals surface area (Å²) < 4.78 is 38.0. The number of nitrogens with zero attached hydrogens (tertiary/aromatic N) is 1. The molecule has 1 atom stereocenters. The minimum absolute atomic E-state index is 0.0907. The van der Waals surface area contributed by atoms with Gasteiger partial charge in [0.2, 0.25) is 0 Å². The van der Waals surface area contributed by atoms with Crippen LogP contribution >= 0.6 is 11.3 Å². The Balaban J connectivity index is 1.65. The van der Waals surface area contributed by atoms with E-state index in [1.807, 2.05) is 0 Å². The fourth-order valence-electron chi connectivity index (χ4n) is 3.13. The summed E-state index contributed by atoms with van der Waals surface area (Å²) in [4.78, 5) is 28.1. The number of rotatable bonds is 8. The highest BCUT2D eigenvalue weighted by Crippen LogP contribution is 2.33. The summed E-state index contributed by atoms with van der Waals surface area (Å²) in [7, 11) is 1.38. The molecule has 0 spiro atoms. The molecule has 3 rings (SSSR count). The van der Waals surface area contributed by atoms with Gasteiger partial charge in [-0.05, 0) is 29.2 Å². The Hall–Kier alpha value is -3.53. The molecule has 0 saturated heterocycles. The summed E-state index contributed by atoms with van der Waals surface area (Å²) in [5, 5.41) is 13.9. The van der Waals surface area contributed by atoms with Crippen molar-refractivity contribution in [3.63, 3.8) is 0 Å². The first-order chi connectivity index (χ1) is 16.0. The average Bonchev–Trinajstić information content (AvgIpc) is 3.26. The average molecular weight is 491 g/mol. The lowest BCUT2D eigenvalue weighted by Gasteiger charge is -2.27. The number of carboxylic acid groups (broad SMARTS) is 1. The van der Waals surface area contributed by atoms with E-state index >= 15 is 0 Å². The quantitative estimate of drug-likeness (QED) is 0.466. The van der Waals surface area contributed by atoms with Gasteiger partial charge in [0.05, 0.1) is 7.11 Å². The molecular formula is C24H24F2N2O5S. The molecule has 34 heavy (non-hydrogen) atoms. The summed E-state index contributed by atoms with van der Waals surface area (Å²) in [5.41, 5.74) is 0.459. The normalized spacial score (nSPS) is 12.2. The van der Waals surface area contributed by atoms with Gasteiger partial charge in [0, 0.05) is 17.0 Å². The van der Waals surface area contributed by atoms with Crippen LogP contribution in [0.2, 0.25) is 0 Å². The third-order valence-electron chi connectivity index (χ3n) is 4.94. The number of aliphatic carboxylic acids is 1. The second-order valence-corrected chi connectivity index (χ2v) is 9.46. The number of carbonyl (C=O) groups excluding carboxylic acids is 1. The van der Waals surface area contributed by atoms with Crippen molar-refractivity contribution in [1.82, 2.24) is 10.3 Å².